The summed E-state index contributed by atoms with van der Waals surface area (Å²) in [6, 6.07) is 7.29. The Labute approximate surface area is 100 Å². The van der Waals surface area contributed by atoms with Crippen LogP contribution < -0.4 is 10.5 Å². The number of anilines is 2. The fourth-order valence-electron chi connectivity index (χ4n) is 1.73. The lowest BCUT2D eigenvalue weighted by Gasteiger charge is -2.20. The lowest BCUT2D eigenvalue weighted by atomic mass is 10.2. The molecule has 0 aliphatic heterocycles. The third kappa shape index (κ3) is 2.20. The Bertz CT molecular complexity index is 589. The highest BCUT2D eigenvalue weighted by Crippen LogP contribution is 2.22. The number of hydrogen-bond acceptors (Lipinski definition) is 3. The second kappa shape index (κ2) is 4.41. The number of rotatable bonds is 2. The highest BCUT2D eigenvalue weighted by Gasteiger charge is 2.08. The van der Waals surface area contributed by atoms with Crippen molar-refractivity contribution in [2.75, 3.05) is 11.9 Å². The number of aryl methyl sites for hydroxylation is 2. The Morgan fingerprint density at radius 3 is 2.71 bits per heavy atom. The first kappa shape index (κ1) is 11.4. The second-order valence-electron chi connectivity index (χ2n) is 4.04. The van der Waals surface area contributed by atoms with Crippen molar-refractivity contribution in [3.05, 3.63) is 52.6 Å². The van der Waals surface area contributed by atoms with Crippen molar-refractivity contribution in [2.45, 2.75) is 6.92 Å². The van der Waals surface area contributed by atoms with Gasteiger partial charge in [0.15, 0.2) is 0 Å². The molecule has 0 saturated carbocycles. The zero-order chi connectivity index (χ0) is 12.4. The van der Waals surface area contributed by atoms with Gasteiger partial charge in [0.1, 0.15) is 5.82 Å². The monoisotopic (exact) mass is 229 g/mol. The molecule has 0 unspecified atom stereocenters. The van der Waals surface area contributed by atoms with E-state index < -0.39 is 0 Å². The summed E-state index contributed by atoms with van der Waals surface area (Å²) in [4.78, 5) is 17.6. The highest BCUT2D eigenvalue weighted by atomic mass is 16.1. The van der Waals surface area contributed by atoms with Crippen LogP contribution in [0.2, 0.25) is 0 Å². The van der Waals surface area contributed by atoms with E-state index in [2.05, 4.69) is 4.98 Å². The van der Waals surface area contributed by atoms with Crippen LogP contribution in [-0.4, -0.2) is 16.6 Å². The molecule has 0 aromatic carbocycles. The Hall–Kier alpha value is -2.10. The molecule has 4 heteroatoms. The molecule has 17 heavy (non-hydrogen) atoms. The maximum absolute atomic E-state index is 11.3. The van der Waals surface area contributed by atoms with Gasteiger partial charge in [-0.2, -0.15) is 0 Å². The van der Waals surface area contributed by atoms with Gasteiger partial charge in [-0.1, -0.05) is 6.07 Å². The molecule has 4 nitrogen and oxygen atoms in total. The third-order valence-electron chi connectivity index (χ3n) is 2.76. The van der Waals surface area contributed by atoms with E-state index in [9.17, 15) is 4.79 Å². The zero-order valence-electron chi connectivity index (χ0n) is 10.2. The largest absolute Gasteiger partial charge is 0.328 e. The molecule has 0 amide bonds. The van der Waals surface area contributed by atoms with Crippen LogP contribution in [0, 0.1) is 6.92 Å². The SMILES string of the molecule is Cc1cccnc1N(C)c1ccc(=O)n(C)c1. The molecule has 0 atom stereocenters. The summed E-state index contributed by atoms with van der Waals surface area (Å²) in [5, 5.41) is 0. The predicted molar refractivity (Wildman–Crippen MR) is 68.7 cm³/mol. The summed E-state index contributed by atoms with van der Waals surface area (Å²) in [6.07, 6.45) is 3.57. The van der Waals surface area contributed by atoms with E-state index in [1.54, 1.807) is 36.1 Å². The van der Waals surface area contributed by atoms with Crippen LogP contribution in [0.15, 0.2) is 41.5 Å². The molecule has 2 aromatic rings. The van der Waals surface area contributed by atoms with Crippen molar-refractivity contribution in [3.63, 3.8) is 0 Å². The maximum Gasteiger partial charge on any atom is 0.250 e. The molecule has 88 valence electrons. The van der Waals surface area contributed by atoms with Crippen LogP contribution in [-0.2, 0) is 7.05 Å². The van der Waals surface area contributed by atoms with E-state index in [0.29, 0.717) is 0 Å². The molecule has 0 saturated heterocycles. The van der Waals surface area contributed by atoms with Gasteiger partial charge in [0.25, 0.3) is 0 Å². The Morgan fingerprint density at radius 2 is 2.06 bits per heavy atom. The van der Waals surface area contributed by atoms with E-state index in [1.807, 2.05) is 31.0 Å². The predicted octanol–water partition coefficient (Wildman–Crippen LogP) is 1.86. The van der Waals surface area contributed by atoms with Crippen LogP contribution >= 0.6 is 0 Å². The molecule has 0 aliphatic rings. The van der Waals surface area contributed by atoms with Gasteiger partial charge in [0.05, 0.1) is 5.69 Å². The van der Waals surface area contributed by atoms with Crippen molar-refractivity contribution < 1.29 is 0 Å². The Morgan fingerprint density at radius 1 is 1.29 bits per heavy atom. The van der Waals surface area contributed by atoms with Gasteiger partial charge in [-0.25, -0.2) is 4.98 Å². The molecule has 0 fully saturated rings. The molecule has 0 N–H and O–H groups in total. The van der Waals surface area contributed by atoms with Crippen molar-refractivity contribution in [3.8, 4) is 0 Å². The first-order chi connectivity index (χ1) is 8.09. The summed E-state index contributed by atoms with van der Waals surface area (Å²) in [6.45, 7) is 2.01. The molecule has 2 rings (SSSR count). The molecule has 0 aliphatic carbocycles. The van der Waals surface area contributed by atoms with E-state index >= 15 is 0 Å². The van der Waals surface area contributed by atoms with E-state index in [-0.39, 0.29) is 5.56 Å². The minimum absolute atomic E-state index is 0.0140. The second-order valence-corrected chi connectivity index (χ2v) is 4.04. The standard InChI is InChI=1S/C13H15N3O/c1-10-5-4-8-14-13(10)16(3)11-6-7-12(17)15(2)9-11/h4-9H,1-3H3. The van der Waals surface area contributed by atoms with Gasteiger partial charge in [0, 0.05) is 32.6 Å². The summed E-state index contributed by atoms with van der Waals surface area (Å²) in [5.74, 6) is 0.895. The molecule has 0 spiro atoms. The summed E-state index contributed by atoms with van der Waals surface area (Å²) < 4.78 is 1.56. The number of nitrogens with zero attached hydrogens (tertiary/aromatic N) is 3. The molecule has 2 aromatic heterocycles. The first-order valence-corrected chi connectivity index (χ1v) is 5.41. The lowest BCUT2D eigenvalue weighted by Crippen LogP contribution is -2.19. The summed E-state index contributed by atoms with van der Waals surface area (Å²) >= 11 is 0. The fraction of sp³-hybridized carbons (Fsp3) is 0.231. The van der Waals surface area contributed by atoms with Gasteiger partial charge in [0.2, 0.25) is 5.56 Å². The molecule has 0 bridgehead atoms. The van der Waals surface area contributed by atoms with Crippen LogP contribution in [0.25, 0.3) is 0 Å². The number of hydrogen-bond donors (Lipinski definition) is 0. The highest BCUT2D eigenvalue weighted by molar-refractivity contribution is 5.60. The van der Waals surface area contributed by atoms with Gasteiger partial charge in [-0.15, -0.1) is 0 Å². The molecule has 2 heterocycles. The van der Waals surface area contributed by atoms with Crippen molar-refractivity contribution in [1.29, 1.82) is 0 Å². The van der Waals surface area contributed by atoms with Gasteiger partial charge < -0.3 is 9.47 Å². The maximum atomic E-state index is 11.3. The van der Waals surface area contributed by atoms with E-state index in [0.717, 1.165) is 17.1 Å². The summed E-state index contributed by atoms with van der Waals surface area (Å²) in [5.41, 5.74) is 2.03. The minimum Gasteiger partial charge on any atom is -0.328 e. The minimum atomic E-state index is -0.0140. The van der Waals surface area contributed by atoms with E-state index in [4.69, 9.17) is 0 Å². The molecule has 0 radical (unpaired) electrons. The van der Waals surface area contributed by atoms with Gasteiger partial charge >= 0.3 is 0 Å². The average molecular weight is 229 g/mol. The fourth-order valence-corrected chi connectivity index (χ4v) is 1.73. The quantitative estimate of drug-likeness (QED) is 0.789. The van der Waals surface area contributed by atoms with Gasteiger partial charge in [-0.3, -0.25) is 4.79 Å². The topological polar surface area (TPSA) is 38.1 Å². The Balaban J connectivity index is 2.44. The molecular weight excluding hydrogens is 214 g/mol. The molecular formula is C13H15N3O. The lowest BCUT2D eigenvalue weighted by molar-refractivity contribution is 0.855. The normalized spacial score (nSPS) is 10.3. The smallest absolute Gasteiger partial charge is 0.250 e. The van der Waals surface area contributed by atoms with Crippen molar-refractivity contribution >= 4 is 11.5 Å². The average Bonchev–Trinajstić information content (AvgIpc) is 2.32. The van der Waals surface area contributed by atoms with Crippen molar-refractivity contribution in [2.24, 2.45) is 7.05 Å². The summed E-state index contributed by atoms with van der Waals surface area (Å²) in [7, 11) is 3.68. The van der Waals surface area contributed by atoms with Gasteiger partial charge in [-0.05, 0) is 24.6 Å². The number of aromatic nitrogens is 2. The Kier molecular flexibility index (Phi) is 2.95. The van der Waals surface area contributed by atoms with Crippen molar-refractivity contribution in [1.82, 2.24) is 9.55 Å². The first-order valence-electron chi connectivity index (χ1n) is 5.41. The van der Waals surface area contributed by atoms with Crippen LogP contribution in [0.1, 0.15) is 5.56 Å². The number of pyridine rings is 2. The van der Waals surface area contributed by atoms with Crippen LogP contribution in [0.3, 0.4) is 0 Å². The van der Waals surface area contributed by atoms with Crippen LogP contribution in [0.4, 0.5) is 11.5 Å². The third-order valence-corrected chi connectivity index (χ3v) is 2.76. The zero-order valence-corrected chi connectivity index (χ0v) is 10.2. The van der Waals surface area contributed by atoms with E-state index in [1.165, 1.54) is 0 Å². The van der Waals surface area contributed by atoms with Crippen LogP contribution in [0.5, 0.6) is 0 Å².